The van der Waals surface area contributed by atoms with Crippen molar-refractivity contribution >= 4 is 35.0 Å². The van der Waals surface area contributed by atoms with Crippen molar-refractivity contribution in [2.45, 2.75) is 19.0 Å². The maximum atomic E-state index is 11.8. The Morgan fingerprint density at radius 1 is 1.14 bits per heavy atom. The second kappa shape index (κ2) is 9.04. The molecule has 1 aliphatic rings. The molecule has 1 fully saturated rings. The predicted molar refractivity (Wildman–Crippen MR) is 97.5 cm³/mol. The highest BCUT2D eigenvalue weighted by Crippen LogP contribution is 2.30. The number of rotatable bonds is 5. The second-order valence-electron chi connectivity index (χ2n) is 6.03. The lowest BCUT2D eigenvalue weighted by atomic mass is 10.1. The number of hydrogen-bond acceptors (Lipinski definition) is 5. The molecule has 1 aromatic heterocycles. The molecule has 3 rings (SSSR count). The summed E-state index contributed by atoms with van der Waals surface area (Å²) >= 11 is 0. The number of para-hydroxylation sites is 1. The fourth-order valence-electron chi connectivity index (χ4n) is 2.11. The smallest absolute Gasteiger partial charge is 0.475 e. The summed E-state index contributed by atoms with van der Waals surface area (Å²) in [5.41, 5.74) is 7.09. The molecule has 1 aliphatic carbocycles. The van der Waals surface area contributed by atoms with Crippen LogP contribution in [0.2, 0.25) is 0 Å². The number of nitrogens with two attached hydrogens (primary N) is 1. The predicted octanol–water partition coefficient (Wildman–Crippen LogP) is 2.91. The Kier molecular flexibility index (Phi) is 6.75. The number of carbonyl (C=O) groups excluding carboxylic acids is 2. The number of halogens is 3. The van der Waals surface area contributed by atoms with Crippen molar-refractivity contribution in [3.8, 4) is 0 Å². The lowest BCUT2D eigenvalue weighted by molar-refractivity contribution is -0.192. The number of nitrogens with zero attached hydrogens (tertiary/aromatic N) is 1. The average Bonchev–Trinajstić information content (AvgIpc) is 3.47. The summed E-state index contributed by atoms with van der Waals surface area (Å²) < 4.78 is 31.7. The van der Waals surface area contributed by atoms with E-state index in [1.54, 1.807) is 36.5 Å². The molecule has 2 amide bonds. The molecule has 1 aromatic carbocycles. The summed E-state index contributed by atoms with van der Waals surface area (Å²) in [5.74, 6) is -2.65. The van der Waals surface area contributed by atoms with Crippen LogP contribution in [0.15, 0.2) is 42.6 Å². The maximum absolute atomic E-state index is 11.8. The van der Waals surface area contributed by atoms with Crippen molar-refractivity contribution in [1.29, 1.82) is 0 Å². The van der Waals surface area contributed by atoms with Crippen molar-refractivity contribution in [2.75, 3.05) is 10.6 Å². The minimum atomic E-state index is -5.08. The van der Waals surface area contributed by atoms with Gasteiger partial charge >= 0.3 is 12.1 Å². The first-order valence-electron chi connectivity index (χ1n) is 8.31. The van der Waals surface area contributed by atoms with E-state index in [1.807, 2.05) is 6.07 Å². The van der Waals surface area contributed by atoms with Gasteiger partial charge in [0, 0.05) is 23.9 Å². The van der Waals surface area contributed by atoms with E-state index in [1.165, 1.54) is 0 Å². The quantitative estimate of drug-likeness (QED) is 0.599. The van der Waals surface area contributed by atoms with Crippen LogP contribution in [0.3, 0.4) is 0 Å². The maximum Gasteiger partial charge on any atom is 0.490 e. The van der Waals surface area contributed by atoms with Crippen molar-refractivity contribution in [2.24, 2.45) is 11.7 Å². The van der Waals surface area contributed by atoms with Gasteiger partial charge in [-0.05, 0) is 31.0 Å². The van der Waals surface area contributed by atoms with Crippen LogP contribution < -0.4 is 16.4 Å². The lowest BCUT2D eigenvalue weighted by Crippen LogP contribution is -2.21. The van der Waals surface area contributed by atoms with Crippen LogP contribution in [0.25, 0.3) is 0 Å². The van der Waals surface area contributed by atoms with Gasteiger partial charge in [-0.25, -0.2) is 9.78 Å². The van der Waals surface area contributed by atoms with Crippen LogP contribution in [0, 0.1) is 5.92 Å². The Labute approximate surface area is 162 Å². The summed E-state index contributed by atoms with van der Waals surface area (Å²) in [6.45, 7) is 0. The minimum absolute atomic E-state index is 0.00202. The summed E-state index contributed by atoms with van der Waals surface area (Å²) in [4.78, 5) is 36.2. The zero-order valence-electron chi connectivity index (χ0n) is 14.9. The molecule has 2 aromatic rings. The number of aromatic nitrogens is 1. The topological polar surface area (TPSA) is 134 Å². The van der Waals surface area contributed by atoms with Crippen LogP contribution in [0.5, 0.6) is 0 Å². The zero-order chi connectivity index (χ0) is 21.6. The molecule has 0 spiro atoms. The fourth-order valence-corrected chi connectivity index (χ4v) is 2.11. The van der Waals surface area contributed by atoms with Gasteiger partial charge in [-0.2, -0.15) is 13.2 Å². The number of benzene rings is 1. The van der Waals surface area contributed by atoms with E-state index in [0.717, 1.165) is 18.5 Å². The number of pyridine rings is 1. The van der Waals surface area contributed by atoms with Gasteiger partial charge < -0.3 is 21.5 Å². The van der Waals surface area contributed by atoms with Gasteiger partial charge in [-0.1, -0.05) is 12.1 Å². The number of amides is 2. The highest BCUT2D eigenvalue weighted by Gasteiger charge is 2.38. The van der Waals surface area contributed by atoms with Gasteiger partial charge in [-0.3, -0.25) is 9.59 Å². The third kappa shape index (κ3) is 6.79. The Balaban J connectivity index is 0.000000370. The summed E-state index contributed by atoms with van der Waals surface area (Å²) in [6.07, 6.45) is -1.61. The Morgan fingerprint density at radius 2 is 1.76 bits per heavy atom. The third-order valence-electron chi connectivity index (χ3n) is 3.67. The first-order chi connectivity index (χ1) is 13.6. The first-order valence-corrected chi connectivity index (χ1v) is 8.31. The SMILES string of the molecule is NC(=O)c1ccccc1Nc1ccnc(NC(=O)C2CC2)c1.O=C(O)C(F)(F)F. The molecule has 0 saturated heterocycles. The highest BCUT2D eigenvalue weighted by atomic mass is 19.4. The van der Waals surface area contributed by atoms with Gasteiger partial charge in [0.25, 0.3) is 5.91 Å². The number of nitrogens with one attached hydrogen (secondary N) is 2. The van der Waals surface area contributed by atoms with Crippen LogP contribution in [-0.2, 0) is 9.59 Å². The molecule has 154 valence electrons. The van der Waals surface area contributed by atoms with Crippen LogP contribution in [0.4, 0.5) is 30.4 Å². The van der Waals surface area contributed by atoms with Crippen molar-refractivity contribution in [3.05, 3.63) is 48.2 Å². The summed E-state index contributed by atoms with van der Waals surface area (Å²) in [7, 11) is 0. The first kappa shape index (κ1) is 21.7. The summed E-state index contributed by atoms with van der Waals surface area (Å²) in [5, 5.41) is 13.0. The van der Waals surface area contributed by atoms with Gasteiger partial charge in [0.05, 0.1) is 11.3 Å². The zero-order valence-corrected chi connectivity index (χ0v) is 14.9. The molecule has 5 N–H and O–H groups in total. The molecule has 0 bridgehead atoms. The highest BCUT2D eigenvalue weighted by molar-refractivity contribution is 5.99. The molecular weight excluding hydrogens is 393 g/mol. The molecule has 0 atom stereocenters. The summed E-state index contributed by atoms with van der Waals surface area (Å²) in [6, 6.07) is 10.5. The van der Waals surface area contributed by atoms with Crippen LogP contribution in [0.1, 0.15) is 23.2 Å². The van der Waals surface area contributed by atoms with Crippen LogP contribution in [-0.4, -0.2) is 34.1 Å². The van der Waals surface area contributed by atoms with Crippen LogP contribution >= 0.6 is 0 Å². The molecule has 0 aliphatic heterocycles. The Morgan fingerprint density at radius 3 is 2.31 bits per heavy atom. The molecule has 8 nitrogen and oxygen atoms in total. The number of anilines is 3. The van der Waals surface area contributed by atoms with E-state index >= 15 is 0 Å². The molecule has 29 heavy (non-hydrogen) atoms. The number of alkyl halides is 3. The number of carboxylic acid groups (broad SMARTS) is 1. The van der Waals surface area contributed by atoms with Gasteiger partial charge in [-0.15, -0.1) is 0 Å². The van der Waals surface area contributed by atoms with Crippen molar-refractivity contribution < 1.29 is 32.7 Å². The number of primary amides is 1. The third-order valence-corrected chi connectivity index (χ3v) is 3.67. The molecule has 11 heteroatoms. The lowest BCUT2D eigenvalue weighted by Gasteiger charge is -2.11. The average molecular weight is 410 g/mol. The minimum Gasteiger partial charge on any atom is -0.475 e. The van der Waals surface area contributed by atoms with E-state index in [2.05, 4.69) is 15.6 Å². The molecular formula is C18H17F3N4O4. The van der Waals surface area contributed by atoms with Gasteiger partial charge in [0.1, 0.15) is 5.82 Å². The number of carbonyl (C=O) groups is 3. The largest absolute Gasteiger partial charge is 0.490 e. The molecule has 1 saturated carbocycles. The van der Waals surface area contributed by atoms with E-state index in [-0.39, 0.29) is 11.8 Å². The number of aliphatic carboxylic acids is 1. The Bertz CT molecular complexity index is 914. The van der Waals surface area contributed by atoms with Crippen molar-refractivity contribution in [1.82, 2.24) is 4.98 Å². The van der Waals surface area contributed by atoms with Crippen molar-refractivity contribution in [3.63, 3.8) is 0 Å². The Hall–Kier alpha value is -3.63. The number of hydrogen-bond donors (Lipinski definition) is 4. The monoisotopic (exact) mass is 410 g/mol. The molecule has 0 radical (unpaired) electrons. The molecule has 1 heterocycles. The normalized spacial score (nSPS) is 12.9. The second-order valence-corrected chi connectivity index (χ2v) is 6.03. The standard InChI is InChI=1S/C16H16N4O2.C2HF3O2/c17-15(21)12-3-1-2-4-13(12)19-11-7-8-18-14(9-11)20-16(22)10-5-6-10;3-2(4,5)1(6)7/h1-4,7-10H,5-6H2,(H2,17,21)(H2,18,19,20,22);(H,6,7). The van der Waals surface area contributed by atoms with Gasteiger partial charge in [0.2, 0.25) is 5.91 Å². The van der Waals surface area contributed by atoms with E-state index in [4.69, 9.17) is 15.6 Å². The van der Waals surface area contributed by atoms with E-state index in [9.17, 15) is 22.8 Å². The number of carboxylic acids is 1. The fraction of sp³-hybridized carbons (Fsp3) is 0.222. The van der Waals surface area contributed by atoms with Gasteiger partial charge in [0.15, 0.2) is 0 Å². The van der Waals surface area contributed by atoms with E-state index in [0.29, 0.717) is 17.1 Å². The molecule has 0 unspecified atom stereocenters. The van der Waals surface area contributed by atoms with E-state index < -0.39 is 18.1 Å².